The monoisotopic (exact) mass is 329 g/mol. The number of nitrogens with zero attached hydrogens (tertiary/aromatic N) is 2. The summed E-state index contributed by atoms with van der Waals surface area (Å²) in [4.78, 5) is 3.56. The smallest absolute Gasteiger partial charge is 0.240 e. The maximum Gasteiger partial charge on any atom is 0.240 e. The number of benzene rings is 1. The quantitative estimate of drug-likeness (QED) is 0.648. The van der Waals surface area contributed by atoms with E-state index in [-0.39, 0.29) is 22.0 Å². The molecule has 0 unspecified atom stereocenters. The number of hydrogen-bond donors (Lipinski definition) is 3. The molecular formula is C11H12FN5O2S2. The van der Waals surface area contributed by atoms with Crippen LogP contribution < -0.4 is 10.5 Å². The third kappa shape index (κ3) is 3.80. The van der Waals surface area contributed by atoms with Crippen molar-refractivity contribution in [1.82, 2.24) is 19.9 Å². The number of aromatic nitrogens is 3. The van der Waals surface area contributed by atoms with E-state index in [1.807, 2.05) is 0 Å². The molecule has 112 valence electrons. The van der Waals surface area contributed by atoms with E-state index in [9.17, 15) is 12.8 Å². The third-order valence-corrected chi connectivity index (χ3v) is 4.31. The fourth-order valence-electron chi connectivity index (χ4n) is 1.60. The van der Waals surface area contributed by atoms with Crippen molar-refractivity contribution < 1.29 is 12.8 Å². The number of aromatic amines is 1. The number of nitrogens with one attached hydrogen (secondary N) is 2. The Kier molecular flexibility index (Phi) is 4.60. The Labute approximate surface area is 125 Å². The van der Waals surface area contributed by atoms with Gasteiger partial charge in [-0.1, -0.05) is 12.2 Å². The van der Waals surface area contributed by atoms with Gasteiger partial charge in [-0.05, 0) is 18.2 Å². The molecule has 0 amide bonds. The number of hydrogen-bond acceptors (Lipinski definition) is 5. The molecule has 0 atom stereocenters. The topological polar surface area (TPSA) is 114 Å². The second-order valence-electron chi connectivity index (χ2n) is 4.09. The van der Waals surface area contributed by atoms with Gasteiger partial charge < -0.3 is 5.73 Å². The summed E-state index contributed by atoms with van der Waals surface area (Å²) in [7, 11) is -3.78. The van der Waals surface area contributed by atoms with Crippen LogP contribution in [0.2, 0.25) is 0 Å². The highest BCUT2D eigenvalue weighted by atomic mass is 32.2. The van der Waals surface area contributed by atoms with E-state index in [1.165, 1.54) is 6.33 Å². The molecule has 1 heterocycles. The average molecular weight is 329 g/mol. The highest BCUT2D eigenvalue weighted by Crippen LogP contribution is 2.15. The molecule has 0 radical (unpaired) electrons. The molecule has 0 aliphatic carbocycles. The molecule has 0 bridgehead atoms. The zero-order valence-corrected chi connectivity index (χ0v) is 12.3. The van der Waals surface area contributed by atoms with Gasteiger partial charge >= 0.3 is 0 Å². The zero-order valence-electron chi connectivity index (χ0n) is 10.7. The summed E-state index contributed by atoms with van der Waals surface area (Å²) in [6, 6.07) is 3.27. The maximum absolute atomic E-state index is 13.4. The summed E-state index contributed by atoms with van der Waals surface area (Å²) < 4.78 is 40.0. The molecule has 21 heavy (non-hydrogen) atoms. The van der Waals surface area contributed by atoms with Crippen LogP contribution in [0.5, 0.6) is 0 Å². The van der Waals surface area contributed by atoms with Crippen LogP contribution >= 0.6 is 12.2 Å². The van der Waals surface area contributed by atoms with Gasteiger partial charge in [0.05, 0.1) is 4.90 Å². The Balaban J connectivity index is 2.12. The van der Waals surface area contributed by atoms with Gasteiger partial charge in [-0.25, -0.2) is 22.5 Å². The summed E-state index contributed by atoms with van der Waals surface area (Å²) in [5, 5.41) is 6.27. The normalized spacial score (nSPS) is 11.5. The van der Waals surface area contributed by atoms with Crippen molar-refractivity contribution in [3.05, 3.63) is 41.7 Å². The van der Waals surface area contributed by atoms with Crippen LogP contribution in [-0.4, -0.2) is 35.1 Å². The zero-order chi connectivity index (χ0) is 15.5. The number of nitrogens with two attached hydrogens (primary N) is 1. The van der Waals surface area contributed by atoms with Crippen molar-refractivity contribution in [1.29, 1.82) is 0 Å². The fraction of sp³-hybridized carbons (Fsp3) is 0.182. The SMILES string of the molecule is NC(=S)c1cc(S(=O)(=O)NCCc2ncn[nH]2)ccc1F. The average Bonchev–Trinajstić information content (AvgIpc) is 2.91. The van der Waals surface area contributed by atoms with E-state index in [0.29, 0.717) is 12.2 Å². The first kappa shape index (κ1) is 15.5. The first-order valence-electron chi connectivity index (χ1n) is 5.83. The fourth-order valence-corrected chi connectivity index (χ4v) is 2.81. The molecule has 0 saturated heterocycles. The summed E-state index contributed by atoms with van der Waals surface area (Å²) >= 11 is 4.68. The largest absolute Gasteiger partial charge is 0.389 e. The maximum atomic E-state index is 13.4. The van der Waals surface area contributed by atoms with Crippen molar-refractivity contribution in [2.75, 3.05) is 6.54 Å². The number of halogens is 1. The Bertz CT molecular complexity index is 746. The number of rotatable bonds is 6. The summed E-state index contributed by atoms with van der Waals surface area (Å²) in [5.41, 5.74) is 5.24. The Hall–Kier alpha value is -1.91. The molecule has 7 nitrogen and oxygen atoms in total. The second kappa shape index (κ2) is 6.24. The van der Waals surface area contributed by atoms with Gasteiger partial charge in [0, 0.05) is 18.5 Å². The molecule has 2 rings (SSSR count). The van der Waals surface area contributed by atoms with Crippen molar-refractivity contribution in [3.63, 3.8) is 0 Å². The minimum Gasteiger partial charge on any atom is -0.389 e. The van der Waals surface area contributed by atoms with Crippen LogP contribution in [0.3, 0.4) is 0 Å². The Morgan fingerprint density at radius 3 is 2.86 bits per heavy atom. The highest BCUT2D eigenvalue weighted by molar-refractivity contribution is 7.89. The predicted molar refractivity (Wildman–Crippen MR) is 77.6 cm³/mol. The summed E-state index contributed by atoms with van der Waals surface area (Å²) in [6.45, 7) is 0.122. The Morgan fingerprint density at radius 1 is 1.48 bits per heavy atom. The summed E-state index contributed by atoms with van der Waals surface area (Å²) in [5.74, 6) is -0.108. The summed E-state index contributed by atoms with van der Waals surface area (Å²) in [6.07, 6.45) is 1.68. The van der Waals surface area contributed by atoms with Gasteiger partial charge in [0.1, 0.15) is 23.0 Å². The first-order chi connectivity index (χ1) is 9.90. The molecule has 4 N–H and O–H groups in total. The van der Waals surface area contributed by atoms with E-state index in [1.54, 1.807) is 0 Å². The van der Waals surface area contributed by atoms with Crippen molar-refractivity contribution in [3.8, 4) is 0 Å². The van der Waals surface area contributed by atoms with Crippen LogP contribution in [0, 0.1) is 5.82 Å². The van der Waals surface area contributed by atoms with Crippen LogP contribution in [0.25, 0.3) is 0 Å². The van der Waals surface area contributed by atoms with Gasteiger partial charge in [-0.3, -0.25) is 5.10 Å². The van der Waals surface area contributed by atoms with Gasteiger partial charge in [0.15, 0.2) is 0 Å². The van der Waals surface area contributed by atoms with Crippen LogP contribution in [-0.2, 0) is 16.4 Å². The number of H-pyrrole nitrogens is 1. The molecule has 10 heteroatoms. The van der Waals surface area contributed by atoms with Gasteiger partial charge in [-0.15, -0.1) is 0 Å². The predicted octanol–water partition coefficient (Wildman–Crippen LogP) is 0.0990. The van der Waals surface area contributed by atoms with E-state index >= 15 is 0 Å². The van der Waals surface area contributed by atoms with E-state index in [0.717, 1.165) is 18.2 Å². The Morgan fingerprint density at radius 2 is 2.24 bits per heavy atom. The molecule has 1 aromatic carbocycles. The van der Waals surface area contributed by atoms with Crippen molar-refractivity contribution in [2.45, 2.75) is 11.3 Å². The lowest BCUT2D eigenvalue weighted by molar-refractivity contribution is 0.580. The van der Waals surface area contributed by atoms with Gasteiger partial charge in [-0.2, -0.15) is 5.10 Å². The molecule has 0 fully saturated rings. The third-order valence-electron chi connectivity index (χ3n) is 2.63. The molecular weight excluding hydrogens is 317 g/mol. The standard InChI is InChI=1S/C11H12FN5O2S2/c12-9-2-1-7(5-8(9)11(13)20)21(18,19)16-4-3-10-14-6-15-17-10/h1-2,5-6,16H,3-4H2,(H2,13,20)(H,14,15,17). The lowest BCUT2D eigenvalue weighted by Gasteiger charge is -2.08. The van der Waals surface area contributed by atoms with Crippen LogP contribution in [0.4, 0.5) is 4.39 Å². The molecule has 2 aromatic rings. The van der Waals surface area contributed by atoms with E-state index in [2.05, 4.69) is 32.1 Å². The van der Waals surface area contributed by atoms with Crippen molar-refractivity contribution >= 4 is 27.2 Å². The second-order valence-corrected chi connectivity index (χ2v) is 6.29. The van der Waals surface area contributed by atoms with E-state index < -0.39 is 15.8 Å². The molecule has 0 aliphatic rings. The van der Waals surface area contributed by atoms with Crippen molar-refractivity contribution in [2.24, 2.45) is 5.73 Å². The lowest BCUT2D eigenvalue weighted by atomic mass is 10.2. The molecule has 0 spiro atoms. The molecule has 1 aromatic heterocycles. The minimum atomic E-state index is -3.78. The molecule has 0 saturated carbocycles. The molecule has 0 aliphatic heterocycles. The van der Waals surface area contributed by atoms with E-state index in [4.69, 9.17) is 5.73 Å². The number of thiocarbonyl (C=S) groups is 1. The lowest BCUT2D eigenvalue weighted by Crippen LogP contribution is -2.26. The van der Waals surface area contributed by atoms with Gasteiger partial charge in [0.2, 0.25) is 10.0 Å². The van der Waals surface area contributed by atoms with Crippen LogP contribution in [0.15, 0.2) is 29.4 Å². The first-order valence-corrected chi connectivity index (χ1v) is 7.72. The minimum absolute atomic E-state index is 0.107. The van der Waals surface area contributed by atoms with Gasteiger partial charge in [0.25, 0.3) is 0 Å². The van der Waals surface area contributed by atoms with Crippen LogP contribution in [0.1, 0.15) is 11.4 Å². The highest BCUT2D eigenvalue weighted by Gasteiger charge is 2.17. The number of sulfonamides is 1.